The molecule has 1 aliphatic rings. The van der Waals surface area contributed by atoms with Gasteiger partial charge < -0.3 is 9.84 Å². The fourth-order valence-corrected chi connectivity index (χ4v) is 4.54. The fourth-order valence-electron chi connectivity index (χ4n) is 4.54. The molecule has 0 bridgehead atoms. The van der Waals surface area contributed by atoms with Crippen LogP contribution in [-0.2, 0) is 19.3 Å². The number of nitrogens with one attached hydrogen (secondary N) is 1. The fraction of sp³-hybridized carbons (Fsp3) is 0.296. The molecule has 0 atom stereocenters. The smallest absolute Gasteiger partial charge is 0.259 e. The van der Waals surface area contributed by atoms with E-state index in [1.165, 1.54) is 5.56 Å². The van der Waals surface area contributed by atoms with E-state index in [0.29, 0.717) is 5.56 Å². The highest BCUT2D eigenvalue weighted by atomic mass is 16.5. The predicted molar refractivity (Wildman–Crippen MR) is 129 cm³/mol. The summed E-state index contributed by atoms with van der Waals surface area (Å²) in [7, 11) is 0. The third-order valence-electron chi connectivity index (χ3n) is 6.31. The lowest BCUT2D eigenvalue weighted by Gasteiger charge is -2.13. The van der Waals surface area contributed by atoms with Crippen molar-refractivity contribution in [3.63, 3.8) is 0 Å². The first-order valence-electron chi connectivity index (χ1n) is 11.7. The van der Waals surface area contributed by atoms with E-state index in [9.17, 15) is 4.79 Å². The van der Waals surface area contributed by atoms with Gasteiger partial charge in [-0.15, -0.1) is 0 Å². The molecule has 1 N–H and O–H groups in total. The Bertz CT molecular complexity index is 1290. The minimum Gasteiger partial charge on any atom is -0.356 e. The molecule has 168 valence electrons. The average molecular weight is 441 g/mol. The Morgan fingerprint density at radius 3 is 2.76 bits per heavy atom. The maximum Gasteiger partial charge on any atom is 0.259 e. The van der Waals surface area contributed by atoms with Crippen LogP contribution in [-0.4, -0.2) is 20.8 Å². The van der Waals surface area contributed by atoms with Gasteiger partial charge in [-0.05, 0) is 62.8 Å². The molecule has 6 nitrogen and oxygen atoms in total. The van der Waals surface area contributed by atoms with Crippen molar-refractivity contribution >= 4 is 11.6 Å². The topological polar surface area (TPSA) is 73.0 Å². The number of carbonyl (C=O) groups excluding carboxylic acids is 1. The number of hydrogen-bond donors (Lipinski definition) is 1. The second-order valence-electron chi connectivity index (χ2n) is 8.63. The molecule has 2 aromatic carbocycles. The summed E-state index contributed by atoms with van der Waals surface area (Å²) in [6.45, 7) is 4.10. The largest absolute Gasteiger partial charge is 0.356 e. The third kappa shape index (κ3) is 4.09. The Morgan fingerprint density at radius 2 is 1.94 bits per heavy atom. The van der Waals surface area contributed by atoms with Crippen LogP contribution in [0, 0.1) is 6.92 Å². The van der Waals surface area contributed by atoms with Gasteiger partial charge in [-0.2, -0.15) is 5.10 Å². The van der Waals surface area contributed by atoms with Gasteiger partial charge in [0.1, 0.15) is 0 Å². The first-order chi connectivity index (χ1) is 16.2. The molecule has 5 rings (SSSR count). The molecule has 0 radical (unpaired) electrons. The highest BCUT2D eigenvalue weighted by Crippen LogP contribution is 2.33. The first-order valence-corrected chi connectivity index (χ1v) is 11.7. The first kappa shape index (κ1) is 21.2. The predicted octanol–water partition coefficient (Wildman–Crippen LogP) is 5.92. The van der Waals surface area contributed by atoms with E-state index in [0.717, 1.165) is 78.2 Å². The molecule has 0 unspecified atom stereocenters. The average Bonchev–Trinajstić information content (AvgIpc) is 3.46. The number of aromatic nitrogens is 3. The van der Waals surface area contributed by atoms with Crippen molar-refractivity contribution in [3.8, 4) is 17.0 Å². The normalized spacial score (nSPS) is 13.0. The number of para-hydroxylation sites is 1. The van der Waals surface area contributed by atoms with E-state index < -0.39 is 0 Å². The highest BCUT2D eigenvalue weighted by molar-refractivity contribution is 6.05. The van der Waals surface area contributed by atoms with Crippen molar-refractivity contribution in [1.82, 2.24) is 14.9 Å². The van der Waals surface area contributed by atoms with Crippen LogP contribution in [0.25, 0.3) is 17.0 Å². The van der Waals surface area contributed by atoms with Gasteiger partial charge >= 0.3 is 0 Å². The molecule has 1 aliphatic carbocycles. The molecule has 0 spiro atoms. The Hall–Kier alpha value is -3.67. The number of rotatable bonds is 6. The van der Waals surface area contributed by atoms with Gasteiger partial charge in [-0.1, -0.05) is 48.8 Å². The van der Waals surface area contributed by atoms with E-state index in [4.69, 9.17) is 4.52 Å². The molecule has 0 saturated heterocycles. The summed E-state index contributed by atoms with van der Waals surface area (Å²) >= 11 is 0. The molecule has 33 heavy (non-hydrogen) atoms. The van der Waals surface area contributed by atoms with E-state index in [2.05, 4.69) is 22.5 Å². The standard InChI is InChI=1S/C27H28N4O2/c1-3-9-25-22(17-28-31(25)20-10-5-4-6-11-20)27(32)29-24-16-19(15-14-18(24)2)26-21-12-7-8-13-23(21)30-33-26/h4-6,10-11,14-17H,3,7-9,12-13H2,1-2H3,(H,29,32). The monoisotopic (exact) mass is 440 g/mol. The quantitative estimate of drug-likeness (QED) is 0.404. The third-order valence-corrected chi connectivity index (χ3v) is 6.31. The van der Waals surface area contributed by atoms with Crippen LogP contribution in [0.2, 0.25) is 0 Å². The maximum absolute atomic E-state index is 13.3. The summed E-state index contributed by atoms with van der Waals surface area (Å²) in [5, 5.41) is 11.9. The molecule has 4 aromatic rings. The number of nitrogens with zero attached hydrogens (tertiary/aromatic N) is 3. The SMILES string of the molecule is CCCc1c(C(=O)Nc2cc(-c3onc4c3CCCC4)ccc2C)cnn1-c1ccccc1. The zero-order valence-corrected chi connectivity index (χ0v) is 19.1. The number of hydrogen-bond acceptors (Lipinski definition) is 4. The summed E-state index contributed by atoms with van der Waals surface area (Å²) in [6, 6.07) is 16.0. The number of amides is 1. The van der Waals surface area contributed by atoms with Crippen LogP contribution in [0.3, 0.4) is 0 Å². The van der Waals surface area contributed by atoms with Crippen LogP contribution in [0.5, 0.6) is 0 Å². The molecule has 0 aliphatic heterocycles. The Kier molecular flexibility index (Phi) is 5.82. The van der Waals surface area contributed by atoms with Crippen molar-refractivity contribution in [3.05, 3.63) is 82.8 Å². The molecule has 0 fully saturated rings. The Labute approximate surface area is 193 Å². The van der Waals surface area contributed by atoms with Crippen molar-refractivity contribution in [2.45, 2.75) is 52.4 Å². The molecular weight excluding hydrogens is 412 g/mol. The van der Waals surface area contributed by atoms with Crippen LogP contribution >= 0.6 is 0 Å². The maximum atomic E-state index is 13.3. The molecule has 2 aromatic heterocycles. The Morgan fingerprint density at radius 1 is 1.12 bits per heavy atom. The van der Waals surface area contributed by atoms with Gasteiger partial charge in [0, 0.05) is 16.8 Å². The van der Waals surface area contributed by atoms with E-state index in [-0.39, 0.29) is 5.91 Å². The number of benzene rings is 2. The zero-order chi connectivity index (χ0) is 22.8. The number of fused-ring (bicyclic) bond motifs is 1. The molecule has 1 amide bonds. The van der Waals surface area contributed by atoms with Gasteiger partial charge in [-0.25, -0.2) is 4.68 Å². The number of carbonyl (C=O) groups is 1. The second kappa shape index (κ2) is 9.06. The lowest BCUT2D eigenvalue weighted by molar-refractivity contribution is 0.102. The lowest BCUT2D eigenvalue weighted by atomic mass is 9.93. The van der Waals surface area contributed by atoms with Crippen molar-refractivity contribution < 1.29 is 9.32 Å². The van der Waals surface area contributed by atoms with Crippen molar-refractivity contribution in [2.24, 2.45) is 0 Å². The molecule has 6 heteroatoms. The lowest BCUT2D eigenvalue weighted by Crippen LogP contribution is -2.15. The summed E-state index contributed by atoms with van der Waals surface area (Å²) in [6.07, 6.45) is 7.63. The van der Waals surface area contributed by atoms with E-state index in [1.807, 2.05) is 60.1 Å². The number of anilines is 1. The summed E-state index contributed by atoms with van der Waals surface area (Å²) in [4.78, 5) is 13.3. The second-order valence-corrected chi connectivity index (χ2v) is 8.63. The summed E-state index contributed by atoms with van der Waals surface area (Å²) in [5.41, 5.74) is 7.45. The molecule has 0 saturated carbocycles. The van der Waals surface area contributed by atoms with Crippen LogP contribution < -0.4 is 5.32 Å². The van der Waals surface area contributed by atoms with Gasteiger partial charge in [0.2, 0.25) is 0 Å². The van der Waals surface area contributed by atoms with E-state index >= 15 is 0 Å². The van der Waals surface area contributed by atoms with Crippen LogP contribution in [0.1, 0.15) is 59.1 Å². The van der Waals surface area contributed by atoms with Crippen molar-refractivity contribution in [1.29, 1.82) is 0 Å². The summed E-state index contributed by atoms with van der Waals surface area (Å²) in [5.74, 6) is 0.671. The molecular formula is C27H28N4O2. The number of aryl methyl sites for hydroxylation is 2. The molecule has 2 heterocycles. The van der Waals surface area contributed by atoms with Crippen molar-refractivity contribution in [2.75, 3.05) is 5.32 Å². The van der Waals surface area contributed by atoms with Gasteiger partial charge in [0.05, 0.1) is 28.8 Å². The van der Waals surface area contributed by atoms with Crippen LogP contribution in [0.4, 0.5) is 5.69 Å². The highest BCUT2D eigenvalue weighted by Gasteiger charge is 2.22. The summed E-state index contributed by atoms with van der Waals surface area (Å²) < 4.78 is 7.58. The minimum atomic E-state index is -0.152. The minimum absolute atomic E-state index is 0.152. The van der Waals surface area contributed by atoms with Crippen LogP contribution in [0.15, 0.2) is 59.3 Å². The van der Waals surface area contributed by atoms with Gasteiger partial charge in [0.15, 0.2) is 5.76 Å². The van der Waals surface area contributed by atoms with E-state index in [1.54, 1.807) is 6.20 Å². The Balaban J connectivity index is 1.45. The van der Waals surface area contributed by atoms with Gasteiger partial charge in [0.25, 0.3) is 5.91 Å². The van der Waals surface area contributed by atoms with Gasteiger partial charge in [-0.3, -0.25) is 4.79 Å². The zero-order valence-electron chi connectivity index (χ0n) is 19.1.